The molecule has 0 fully saturated rings. The van der Waals surface area contributed by atoms with E-state index in [1.165, 1.54) is 0 Å². The van der Waals surface area contributed by atoms with Gasteiger partial charge in [-0.1, -0.05) is 30.3 Å². The highest BCUT2D eigenvalue weighted by Gasteiger charge is 2.40. The zero-order valence-electron chi connectivity index (χ0n) is 22.3. The van der Waals surface area contributed by atoms with Gasteiger partial charge < -0.3 is 24.3 Å². The Morgan fingerprint density at radius 3 is 2.67 bits per heavy atom. The summed E-state index contributed by atoms with van der Waals surface area (Å²) < 4.78 is 22.7. The molecular formula is C31H29N3O6. The molecular weight excluding hydrogens is 510 g/mol. The number of esters is 1. The number of urea groups is 1. The number of aryl methyl sites for hydroxylation is 1. The number of carbonyl (C=O) groups is 2. The molecule has 0 aromatic heterocycles. The first-order valence-corrected chi connectivity index (χ1v) is 13.1. The standard InChI is InChI=1S/C31H29N3O6/c1-19(22-7-3-6-21(15-22)18-32)40-30(35)28-25(11-9-20-5-4-8-24(16-20)37-2)33-31(36)34-29(28)23-10-12-26-27(17-23)39-14-13-38-26/h3-8,10,12,15-17,19,28-29H,9,11,13-14H2,1-2H3,(H,34,36). The SMILES string of the molecule is COc1cccc(CCC2=NC(=O)NC(c3ccc4c(c3)OCCO4)C2C(=O)OC(C)c2cccc(C#N)c2)c1. The summed E-state index contributed by atoms with van der Waals surface area (Å²) in [5.41, 5.74) is 3.25. The molecule has 3 atom stereocenters. The van der Waals surface area contributed by atoms with Gasteiger partial charge >= 0.3 is 12.0 Å². The molecule has 3 aromatic carbocycles. The van der Waals surface area contributed by atoms with Crippen LogP contribution in [0.25, 0.3) is 0 Å². The number of nitriles is 1. The molecule has 0 aliphatic carbocycles. The van der Waals surface area contributed by atoms with E-state index in [0.29, 0.717) is 60.0 Å². The first-order valence-electron chi connectivity index (χ1n) is 13.1. The third-order valence-electron chi connectivity index (χ3n) is 6.98. The van der Waals surface area contributed by atoms with Gasteiger partial charge in [-0.15, -0.1) is 0 Å². The molecule has 5 rings (SSSR count). The van der Waals surface area contributed by atoms with Crippen LogP contribution in [0, 0.1) is 17.2 Å². The average Bonchev–Trinajstić information content (AvgIpc) is 2.99. The maximum absolute atomic E-state index is 13.8. The van der Waals surface area contributed by atoms with Crippen LogP contribution in [0.1, 0.15) is 47.7 Å². The summed E-state index contributed by atoms with van der Waals surface area (Å²) in [5, 5.41) is 12.1. The summed E-state index contributed by atoms with van der Waals surface area (Å²) in [6.07, 6.45) is 0.277. The molecule has 40 heavy (non-hydrogen) atoms. The van der Waals surface area contributed by atoms with Gasteiger partial charge in [-0.25, -0.2) is 9.79 Å². The maximum atomic E-state index is 13.8. The Bertz CT molecular complexity index is 1490. The van der Waals surface area contributed by atoms with Gasteiger partial charge in [-0.05, 0) is 72.9 Å². The van der Waals surface area contributed by atoms with Crippen LogP contribution in [0.4, 0.5) is 4.79 Å². The number of nitrogens with zero attached hydrogens (tertiary/aromatic N) is 2. The van der Waals surface area contributed by atoms with Crippen LogP contribution < -0.4 is 19.5 Å². The van der Waals surface area contributed by atoms with E-state index < -0.39 is 30.1 Å². The number of methoxy groups -OCH3 is 1. The van der Waals surface area contributed by atoms with Crippen molar-refractivity contribution in [3.05, 3.63) is 89.0 Å². The summed E-state index contributed by atoms with van der Waals surface area (Å²) in [4.78, 5) is 30.9. The smallest absolute Gasteiger partial charge is 0.341 e. The second-order valence-electron chi connectivity index (χ2n) is 9.58. The normalized spacial score (nSPS) is 18.5. The van der Waals surface area contributed by atoms with Gasteiger partial charge in [0.05, 0.1) is 24.8 Å². The molecule has 0 spiro atoms. The van der Waals surface area contributed by atoms with E-state index in [9.17, 15) is 14.9 Å². The molecule has 0 radical (unpaired) electrons. The highest BCUT2D eigenvalue weighted by molar-refractivity contribution is 6.09. The number of hydrogen-bond donors (Lipinski definition) is 1. The monoisotopic (exact) mass is 539 g/mol. The van der Waals surface area contributed by atoms with Gasteiger partial charge in [-0.3, -0.25) is 4.79 Å². The van der Waals surface area contributed by atoms with Crippen molar-refractivity contribution < 1.29 is 28.5 Å². The van der Waals surface area contributed by atoms with Crippen molar-refractivity contribution in [3.63, 3.8) is 0 Å². The maximum Gasteiger partial charge on any atom is 0.341 e. The van der Waals surface area contributed by atoms with Gasteiger partial charge in [0.15, 0.2) is 11.5 Å². The Hall–Kier alpha value is -4.84. The van der Waals surface area contributed by atoms with Gasteiger partial charge in [0, 0.05) is 5.71 Å². The predicted octanol–water partition coefficient (Wildman–Crippen LogP) is 5.10. The molecule has 2 aliphatic heterocycles. The van der Waals surface area contributed by atoms with Crippen molar-refractivity contribution in [1.82, 2.24) is 5.32 Å². The van der Waals surface area contributed by atoms with E-state index in [1.807, 2.05) is 30.3 Å². The number of fused-ring (bicyclic) bond motifs is 1. The second-order valence-corrected chi connectivity index (χ2v) is 9.58. The predicted molar refractivity (Wildman–Crippen MR) is 147 cm³/mol. The minimum absolute atomic E-state index is 0.361. The Balaban J connectivity index is 1.46. The zero-order chi connectivity index (χ0) is 28.1. The van der Waals surface area contributed by atoms with Gasteiger partial charge in [-0.2, -0.15) is 5.26 Å². The van der Waals surface area contributed by atoms with Crippen LogP contribution in [0.15, 0.2) is 71.7 Å². The minimum atomic E-state index is -0.882. The van der Waals surface area contributed by atoms with Crippen molar-refractivity contribution in [1.29, 1.82) is 5.26 Å². The molecule has 2 aliphatic rings. The molecule has 0 saturated heterocycles. The van der Waals surface area contributed by atoms with E-state index in [2.05, 4.69) is 16.4 Å². The number of rotatable bonds is 8. The second kappa shape index (κ2) is 11.9. The van der Waals surface area contributed by atoms with Crippen LogP contribution >= 0.6 is 0 Å². The van der Waals surface area contributed by atoms with Crippen LogP contribution in [0.5, 0.6) is 17.2 Å². The first kappa shape index (κ1) is 26.8. The third kappa shape index (κ3) is 5.91. The third-order valence-corrected chi connectivity index (χ3v) is 6.98. The van der Waals surface area contributed by atoms with Crippen LogP contribution in [-0.4, -0.2) is 38.0 Å². The number of aliphatic imine (C=N–C) groups is 1. The van der Waals surface area contributed by atoms with E-state index in [-0.39, 0.29) is 0 Å². The lowest BCUT2D eigenvalue weighted by molar-refractivity contribution is -0.152. The Kier molecular flexibility index (Phi) is 7.97. The Labute approximate surface area is 232 Å². The van der Waals surface area contributed by atoms with Crippen molar-refractivity contribution in [2.75, 3.05) is 20.3 Å². The molecule has 0 bridgehead atoms. The number of benzene rings is 3. The molecule has 1 N–H and O–H groups in total. The zero-order valence-corrected chi connectivity index (χ0v) is 22.3. The summed E-state index contributed by atoms with van der Waals surface area (Å²) in [6.45, 7) is 2.61. The fourth-order valence-electron chi connectivity index (χ4n) is 4.93. The first-order chi connectivity index (χ1) is 19.4. The highest BCUT2D eigenvalue weighted by atomic mass is 16.6. The van der Waals surface area contributed by atoms with Crippen LogP contribution in [0.3, 0.4) is 0 Å². The lowest BCUT2D eigenvalue weighted by Gasteiger charge is -2.32. The van der Waals surface area contributed by atoms with Crippen molar-refractivity contribution in [3.8, 4) is 23.3 Å². The van der Waals surface area contributed by atoms with Crippen LogP contribution in [-0.2, 0) is 16.0 Å². The number of ether oxygens (including phenoxy) is 4. The number of nitrogens with one attached hydrogen (secondary N) is 1. The summed E-state index contributed by atoms with van der Waals surface area (Å²) in [7, 11) is 1.60. The van der Waals surface area contributed by atoms with E-state index in [0.717, 1.165) is 11.3 Å². The fraction of sp³-hybridized carbons (Fsp3) is 0.290. The minimum Gasteiger partial charge on any atom is -0.497 e. The molecule has 3 aromatic rings. The van der Waals surface area contributed by atoms with Crippen molar-refractivity contribution in [2.45, 2.75) is 31.9 Å². The summed E-state index contributed by atoms with van der Waals surface area (Å²) >= 11 is 0. The quantitative estimate of drug-likeness (QED) is 0.396. The number of amides is 2. The van der Waals surface area contributed by atoms with Gasteiger partial charge in [0.1, 0.15) is 31.0 Å². The number of hydrogen-bond acceptors (Lipinski definition) is 7. The average molecular weight is 540 g/mol. The molecule has 3 unspecified atom stereocenters. The lowest BCUT2D eigenvalue weighted by atomic mass is 9.85. The molecule has 2 amide bonds. The highest BCUT2D eigenvalue weighted by Crippen LogP contribution is 2.37. The summed E-state index contributed by atoms with van der Waals surface area (Å²) in [5.74, 6) is 0.465. The number of carbonyl (C=O) groups excluding carboxylic acids is 2. The molecule has 0 saturated carbocycles. The molecule has 2 heterocycles. The van der Waals surface area contributed by atoms with Gasteiger partial charge in [0.2, 0.25) is 0 Å². The molecule has 204 valence electrons. The fourth-order valence-corrected chi connectivity index (χ4v) is 4.93. The largest absolute Gasteiger partial charge is 0.497 e. The Morgan fingerprint density at radius 2 is 1.88 bits per heavy atom. The molecule has 9 heteroatoms. The topological polar surface area (TPSA) is 119 Å². The van der Waals surface area contributed by atoms with E-state index in [1.54, 1.807) is 50.4 Å². The van der Waals surface area contributed by atoms with E-state index in [4.69, 9.17) is 18.9 Å². The molecule has 9 nitrogen and oxygen atoms in total. The van der Waals surface area contributed by atoms with Crippen molar-refractivity contribution >= 4 is 17.7 Å². The Morgan fingerprint density at radius 1 is 1.07 bits per heavy atom. The van der Waals surface area contributed by atoms with Gasteiger partial charge in [0.25, 0.3) is 0 Å². The van der Waals surface area contributed by atoms with Crippen LogP contribution in [0.2, 0.25) is 0 Å². The summed E-state index contributed by atoms with van der Waals surface area (Å²) in [6, 6.07) is 20.8. The lowest BCUT2D eigenvalue weighted by Crippen LogP contribution is -2.45. The van der Waals surface area contributed by atoms with Crippen molar-refractivity contribution in [2.24, 2.45) is 10.9 Å². The van der Waals surface area contributed by atoms with E-state index >= 15 is 0 Å².